The standard InChI is InChI=1S/C20H28.C2H6.CH2O/c1-13-4-7-16-15(12-13)6-8-18-17(16)10-11-20(3)14(2)5-9-19(18)20;2*1-2/h4,7,12,14,17-19H,5-6,8-11H2,1-3H3;1-2H3;1H2/t14-,17?,18?,19?,20?;;/m0../s1. The van der Waals surface area contributed by atoms with E-state index < -0.39 is 0 Å². The van der Waals surface area contributed by atoms with Crippen LogP contribution in [0.2, 0.25) is 0 Å². The lowest BCUT2D eigenvalue weighted by atomic mass is 9.54. The van der Waals surface area contributed by atoms with Gasteiger partial charge in [-0.15, -0.1) is 0 Å². The van der Waals surface area contributed by atoms with E-state index in [2.05, 4.69) is 39.0 Å². The first-order valence-corrected chi connectivity index (χ1v) is 9.98. The first-order valence-electron chi connectivity index (χ1n) is 9.98. The summed E-state index contributed by atoms with van der Waals surface area (Å²) in [6.45, 7) is 13.4. The van der Waals surface area contributed by atoms with Gasteiger partial charge in [-0.1, -0.05) is 51.5 Å². The number of carbonyl (C=O) groups excluding carboxylic acids is 1. The molecule has 4 rings (SSSR count). The Labute approximate surface area is 149 Å². The smallest absolute Gasteiger partial charge is 0.106 e. The normalized spacial score (nSPS) is 36.0. The number of carbonyl (C=O) groups is 1. The van der Waals surface area contributed by atoms with Crippen molar-refractivity contribution in [3.63, 3.8) is 0 Å². The molecule has 1 heteroatoms. The molecule has 1 nitrogen and oxygen atoms in total. The van der Waals surface area contributed by atoms with Crippen LogP contribution >= 0.6 is 0 Å². The lowest BCUT2D eigenvalue weighted by Crippen LogP contribution is -2.41. The monoisotopic (exact) mass is 328 g/mol. The number of rotatable bonds is 0. The molecule has 0 bridgehead atoms. The van der Waals surface area contributed by atoms with Gasteiger partial charge < -0.3 is 4.79 Å². The van der Waals surface area contributed by atoms with E-state index in [0.717, 1.165) is 23.7 Å². The summed E-state index contributed by atoms with van der Waals surface area (Å²) in [5.74, 6) is 3.81. The van der Waals surface area contributed by atoms with E-state index in [1.807, 2.05) is 20.6 Å². The molecule has 3 aliphatic rings. The third-order valence-corrected chi connectivity index (χ3v) is 7.36. The molecule has 3 aliphatic carbocycles. The second kappa shape index (κ2) is 7.85. The summed E-state index contributed by atoms with van der Waals surface area (Å²) >= 11 is 0. The van der Waals surface area contributed by atoms with Gasteiger partial charge in [0.2, 0.25) is 0 Å². The van der Waals surface area contributed by atoms with E-state index in [0.29, 0.717) is 5.41 Å². The highest BCUT2D eigenvalue weighted by Crippen LogP contribution is 2.62. The van der Waals surface area contributed by atoms with Gasteiger partial charge in [0.15, 0.2) is 0 Å². The molecule has 0 aromatic heterocycles. The minimum atomic E-state index is 0.656. The Morgan fingerprint density at radius 1 is 1.08 bits per heavy atom. The van der Waals surface area contributed by atoms with Crippen LogP contribution in [0.5, 0.6) is 0 Å². The van der Waals surface area contributed by atoms with Gasteiger partial charge in [-0.25, -0.2) is 0 Å². The molecular formula is C23H36O. The first kappa shape index (κ1) is 19.2. The van der Waals surface area contributed by atoms with E-state index in [4.69, 9.17) is 4.79 Å². The fraction of sp³-hybridized carbons (Fsp3) is 0.696. The zero-order valence-corrected chi connectivity index (χ0v) is 16.4. The average Bonchev–Trinajstić information content (AvgIpc) is 2.93. The molecule has 0 heterocycles. The number of hydrogen-bond acceptors (Lipinski definition) is 1. The van der Waals surface area contributed by atoms with Crippen molar-refractivity contribution in [2.45, 2.75) is 79.1 Å². The van der Waals surface area contributed by atoms with E-state index >= 15 is 0 Å². The lowest BCUT2D eigenvalue weighted by Gasteiger charge is -2.50. The molecule has 1 aromatic rings. The van der Waals surface area contributed by atoms with Gasteiger partial charge in [-0.2, -0.15) is 0 Å². The minimum absolute atomic E-state index is 0.656. The largest absolute Gasteiger partial charge is 0.307 e. The molecule has 0 spiro atoms. The Hall–Kier alpha value is -1.11. The Kier molecular flexibility index (Phi) is 6.28. The van der Waals surface area contributed by atoms with Crippen LogP contribution in [0.15, 0.2) is 18.2 Å². The molecule has 2 fully saturated rings. The number of aryl methyl sites for hydroxylation is 2. The number of hydrogen-bond donors (Lipinski definition) is 0. The quantitative estimate of drug-likeness (QED) is 0.544. The van der Waals surface area contributed by atoms with Gasteiger partial charge >= 0.3 is 0 Å². The predicted octanol–water partition coefficient (Wildman–Crippen LogP) is 6.33. The highest BCUT2D eigenvalue weighted by molar-refractivity contribution is 5.37. The van der Waals surface area contributed by atoms with Crippen molar-refractivity contribution in [1.82, 2.24) is 0 Å². The molecule has 24 heavy (non-hydrogen) atoms. The second-order valence-electron chi connectivity index (χ2n) is 8.14. The SMILES string of the molecule is C=O.CC.Cc1ccc2c(c1)CCC1C2CCC2(C)C1CC[C@@H]2C. The van der Waals surface area contributed by atoms with Crippen molar-refractivity contribution >= 4 is 6.79 Å². The van der Waals surface area contributed by atoms with E-state index in [9.17, 15) is 0 Å². The summed E-state index contributed by atoms with van der Waals surface area (Å²) in [5.41, 5.74) is 5.48. The van der Waals surface area contributed by atoms with Crippen LogP contribution in [0.4, 0.5) is 0 Å². The molecular weight excluding hydrogens is 292 g/mol. The van der Waals surface area contributed by atoms with Gasteiger partial charge in [-0.05, 0) is 85.7 Å². The highest BCUT2D eigenvalue weighted by Gasteiger charge is 2.53. The second-order valence-corrected chi connectivity index (χ2v) is 8.14. The molecule has 2 saturated carbocycles. The zero-order valence-electron chi connectivity index (χ0n) is 16.4. The summed E-state index contributed by atoms with van der Waals surface area (Å²) in [4.78, 5) is 8.00. The van der Waals surface area contributed by atoms with Crippen molar-refractivity contribution in [3.05, 3.63) is 34.9 Å². The third kappa shape index (κ3) is 3.07. The zero-order chi connectivity index (χ0) is 17.9. The van der Waals surface area contributed by atoms with Crippen molar-refractivity contribution in [3.8, 4) is 0 Å². The van der Waals surface area contributed by atoms with Crippen molar-refractivity contribution in [2.24, 2.45) is 23.2 Å². The summed E-state index contributed by atoms with van der Waals surface area (Å²) in [5, 5.41) is 0. The predicted molar refractivity (Wildman–Crippen MR) is 103 cm³/mol. The van der Waals surface area contributed by atoms with Crippen LogP contribution in [-0.2, 0) is 11.2 Å². The fourth-order valence-corrected chi connectivity index (χ4v) is 5.97. The van der Waals surface area contributed by atoms with Gasteiger partial charge in [0.05, 0.1) is 0 Å². The van der Waals surface area contributed by atoms with E-state index in [1.54, 1.807) is 11.1 Å². The van der Waals surface area contributed by atoms with Crippen LogP contribution in [0, 0.1) is 30.1 Å². The lowest BCUT2D eigenvalue weighted by molar-refractivity contribution is -0.0979. The molecule has 5 atom stereocenters. The first-order chi connectivity index (χ1) is 11.6. The molecule has 0 N–H and O–H groups in total. The summed E-state index contributed by atoms with van der Waals surface area (Å²) in [7, 11) is 0. The van der Waals surface area contributed by atoms with E-state index in [1.165, 1.54) is 44.1 Å². The maximum atomic E-state index is 8.00. The molecule has 4 unspecified atom stereocenters. The average molecular weight is 329 g/mol. The Balaban J connectivity index is 0.000000487. The van der Waals surface area contributed by atoms with Crippen LogP contribution in [0.25, 0.3) is 0 Å². The van der Waals surface area contributed by atoms with Crippen molar-refractivity contribution in [1.29, 1.82) is 0 Å². The Morgan fingerprint density at radius 3 is 2.50 bits per heavy atom. The molecule has 0 saturated heterocycles. The Morgan fingerprint density at radius 2 is 1.79 bits per heavy atom. The maximum Gasteiger partial charge on any atom is 0.106 e. The van der Waals surface area contributed by atoms with Gasteiger partial charge in [-0.3, -0.25) is 0 Å². The summed E-state index contributed by atoms with van der Waals surface area (Å²) in [6, 6.07) is 7.26. The van der Waals surface area contributed by atoms with Gasteiger partial charge in [0.1, 0.15) is 6.79 Å². The maximum absolute atomic E-state index is 8.00. The third-order valence-electron chi connectivity index (χ3n) is 7.36. The van der Waals surface area contributed by atoms with Crippen LogP contribution < -0.4 is 0 Å². The van der Waals surface area contributed by atoms with Crippen LogP contribution in [0.1, 0.15) is 82.4 Å². The molecule has 0 aliphatic heterocycles. The van der Waals surface area contributed by atoms with Crippen LogP contribution in [0.3, 0.4) is 0 Å². The van der Waals surface area contributed by atoms with Crippen LogP contribution in [-0.4, -0.2) is 6.79 Å². The Bertz CT molecular complexity index is 549. The highest BCUT2D eigenvalue weighted by atomic mass is 16.1. The summed E-state index contributed by atoms with van der Waals surface area (Å²) < 4.78 is 0. The van der Waals surface area contributed by atoms with Crippen molar-refractivity contribution in [2.75, 3.05) is 0 Å². The number of fused-ring (bicyclic) bond motifs is 5. The van der Waals surface area contributed by atoms with E-state index in [-0.39, 0.29) is 0 Å². The van der Waals surface area contributed by atoms with Gasteiger partial charge in [0.25, 0.3) is 0 Å². The van der Waals surface area contributed by atoms with Gasteiger partial charge in [0, 0.05) is 0 Å². The number of benzene rings is 1. The fourth-order valence-electron chi connectivity index (χ4n) is 5.97. The molecule has 1 aromatic carbocycles. The molecule has 0 amide bonds. The molecule has 134 valence electrons. The summed E-state index contributed by atoms with van der Waals surface area (Å²) in [6.07, 6.45) is 8.67. The van der Waals surface area contributed by atoms with Crippen molar-refractivity contribution < 1.29 is 4.79 Å². The minimum Gasteiger partial charge on any atom is -0.307 e. The molecule has 0 radical (unpaired) electrons. The topological polar surface area (TPSA) is 17.1 Å².